The third-order valence-electron chi connectivity index (χ3n) is 4.55. The van der Waals surface area contributed by atoms with E-state index < -0.39 is 5.41 Å². The fourth-order valence-electron chi connectivity index (χ4n) is 2.45. The first-order valence-corrected chi connectivity index (χ1v) is 10.4. The molecule has 0 saturated heterocycles. The Morgan fingerprint density at radius 3 is 2.00 bits per heavy atom. The van der Waals surface area contributed by atoms with Crippen LogP contribution in [0.15, 0.2) is 0 Å². The highest BCUT2D eigenvalue weighted by atomic mass is 16.6. The van der Waals surface area contributed by atoms with Crippen molar-refractivity contribution in [3.05, 3.63) is 0 Å². The molecule has 0 spiro atoms. The zero-order valence-electron chi connectivity index (χ0n) is 18.8. The molecule has 0 radical (unpaired) electrons. The molecule has 0 bridgehead atoms. The molecule has 5 nitrogen and oxygen atoms in total. The van der Waals surface area contributed by atoms with Crippen molar-refractivity contribution < 1.29 is 23.8 Å². The minimum absolute atomic E-state index is 0.0149. The molecular weight excluding hydrogens is 344 g/mol. The van der Waals surface area contributed by atoms with Crippen LogP contribution in [0.2, 0.25) is 0 Å². The zero-order chi connectivity index (χ0) is 21.0. The molecule has 0 fully saturated rings. The molecule has 0 aliphatic carbocycles. The summed E-state index contributed by atoms with van der Waals surface area (Å²) in [5.41, 5.74) is -0.990. The van der Waals surface area contributed by atoms with E-state index in [4.69, 9.17) is 14.2 Å². The van der Waals surface area contributed by atoms with Gasteiger partial charge in [-0.1, -0.05) is 53.9 Å². The predicted octanol–water partition coefficient (Wildman–Crippen LogP) is 5.01. The van der Waals surface area contributed by atoms with Crippen molar-refractivity contribution in [1.82, 2.24) is 0 Å². The molecular formula is C22H42O5. The first kappa shape index (κ1) is 25.9. The highest BCUT2D eigenvalue weighted by molar-refractivity contribution is 5.78. The van der Waals surface area contributed by atoms with Crippen LogP contribution in [0.1, 0.15) is 81.1 Å². The Morgan fingerprint density at radius 1 is 0.852 bits per heavy atom. The first-order chi connectivity index (χ1) is 12.5. The summed E-state index contributed by atoms with van der Waals surface area (Å²) in [6, 6.07) is 0. The Morgan fingerprint density at radius 2 is 1.48 bits per heavy atom. The summed E-state index contributed by atoms with van der Waals surface area (Å²) in [7, 11) is 0. The second-order valence-electron chi connectivity index (χ2n) is 9.04. The number of rotatable bonds is 14. The summed E-state index contributed by atoms with van der Waals surface area (Å²) in [5.74, 6) is 0.327. The maximum atomic E-state index is 12.7. The smallest absolute Gasteiger partial charge is 0.317 e. The average Bonchev–Trinajstić information content (AvgIpc) is 2.57. The summed E-state index contributed by atoms with van der Waals surface area (Å²) < 4.78 is 16.5. The van der Waals surface area contributed by atoms with Gasteiger partial charge in [0.05, 0.1) is 25.2 Å². The monoisotopic (exact) mass is 386 g/mol. The molecule has 0 aromatic heterocycles. The van der Waals surface area contributed by atoms with Crippen molar-refractivity contribution in [2.75, 3.05) is 19.8 Å². The average molecular weight is 387 g/mol. The Balaban J connectivity index is 4.54. The van der Waals surface area contributed by atoms with E-state index in [1.165, 1.54) is 12.8 Å². The number of esters is 2. The van der Waals surface area contributed by atoms with E-state index in [0.29, 0.717) is 12.5 Å². The molecule has 5 heteroatoms. The van der Waals surface area contributed by atoms with Gasteiger partial charge in [0.1, 0.15) is 12.0 Å². The molecule has 0 N–H and O–H groups in total. The van der Waals surface area contributed by atoms with Gasteiger partial charge in [0, 0.05) is 0 Å². The maximum Gasteiger partial charge on any atom is 0.317 e. The quantitative estimate of drug-likeness (QED) is 0.393. The van der Waals surface area contributed by atoms with Gasteiger partial charge in [0.15, 0.2) is 0 Å². The second-order valence-corrected chi connectivity index (χ2v) is 9.04. The maximum absolute atomic E-state index is 12.7. The van der Waals surface area contributed by atoms with Crippen molar-refractivity contribution in [1.29, 1.82) is 0 Å². The Bertz CT molecular complexity index is 430. The largest absolute Gasteiger partial charge is 0.465 e. The minimum atomic E-state index is -0.990. The fraction of sp³-hybridized carbons (Fsp3) is 0.909. The van der Waals surface area contributed by atoms with Gasteiger partial charge < -0.3 is 14.2 Å². The van der Waals surface area contributed by atoms with E-state index in [1.807, 2.05) is 13.8 Å². The highest BCUT2D eigenvalue weighted by Crippen LogP contribution is 2.23. The molecule has 0 amide bonds. The van der Waals surface area contributed by atoms with Crippen LogP contribution < -0.4 is 0 Å². The van der Waals surface area contributed by atoms with Crippen molar-refractivity contribution in [3.8, 4) is 0 Å². The van der Waals surface area contributed by atoms with E-state index >= 15 is 0 Å². The molecule has 0 rings (SSSR count). The van der Waals surface area contributed by atoms with Crippen LogP contribution in [0.3, 0.4) is 0 Å². The molecule has 160 valence electrons. The lowest BCUT2D eigenvalue weighted by molar-refractivity contribution is -0.169. The van der Waals surface area contributed by atoms with Crippen molar-refractivity contribution in [2.24, 2.45) is 23.2 Å². The lowest BCUT2D eigenvalue weighted by Crippen LogP contribution is -2.41. The van der Waals surface area contributed by atoms with Crippen molar-refractivity contribution >= 4 is 11.9 Å². The van der Waals surface area contributed by atoms with Gasteiger partial charge in [0.25, 0.3) is 0 Å². The van der Waals surface area contributed by atoms with Gasteiger partial charge in [-0.3, -0.25) is 9.59 Å². The molecule has 27 heavy (non-hydrogen) atoms. The zero-order valence-corrected chi connectivity index (χ0v) is 18.8. The molecule has 2 atom stereocenters. The summed E-state index contributed by atoms with van der Waals surface area (Å²) in [6.07, 6.45) is 4.42. The highest BCUT2D eigenvalue weighted by Gasteiger charge is 2.37. The third-order valence-corrected chi connectivity index (χ3v) is 4.55. The Hall–Kier alpha value is -1.10. The van der Waals surface area contributed by atoms with Gasteiger partial charge in [-0.15, -0.1) is 0 Å². The van der Waals surface area contributed by atoms with Gasteiger partial charge in [-0.25, -0.2) is 0 Å². The molecule has 0 heterocycles. The lowest BCUT2D eigenvalue weighted by atomic mass is 9.92. The normalized spacial score (nSPS) is 15.1. The van der Waals surface area contributed by atoms with Crippen LogP contribution in [-0.4, -0.2) is 37.9 Å². The summed E-state index contributed by atoms with van der Waals surface area (Å²) in [6.45, 7) is 16.3. The van der Waals surface area contributed by atoms with Gasteiger partial charge in [0.2, 0.25) is 0 Å². The Kier molecular flexibility index (Phi) is 12.6. The number of carbonyl (C=O) groups is 2. The van der Waals surface area contributed by atoms with E-state index in [2.05, 4.69) is 20.8 Å². The van der Waals surface area contributed by atoms with Crippen LogP contribution >= 0.6 is 0 Å². The van der Waals surface area contributed by atoms with Crippen molar-refractivity contribution in [3.63, 3.8) is 0 Å². The first-order valence-electron chi connectivity index (χ1n) is 10.4. The summed E-state index contributed by atoms with van der Waals surface area (Å²) in [5, 5.41) is 0. The lowest BCUT2D eigenvalue weighted by Gasteiger charge is -2.28. The van der Waals surface area contributed by atoms with E-state index in [-0.39, 0.29) is 37.2 Å². The molecule has 0 aliphatic rings. The molecule has 0 aromatic rings. The number of hydrogen-bond donors (Lipinski definition) is 0. The minimum Gasteiger partial charge on any atom is -0.465 e. The fourth-order valence-corrected chi connectivity index (χ4v) is 2.45. The van der Waals surface area contributed by atoms with Gasteiger partial charge >= 0.3 is 11.9 Å². The van der Waals surface area contributed by atoms with Crippen LogP contribution in [0.4, 0.5) is 0 Å². The van der Waals surface area contributed by atoms with Crippen LogP contribution in [0, 0.1) is 23.2 Å². The molecule has 2 unspecified atom stereocenters. The van der Waals surface area contributed by atoms with E-state index in [0.717, 1.165) is 18.8 Å². The van der Waals surface area contributed by atoms with Crippen LogP contribution in [-0.2, 0) is 23.8 Å². The van der Waals surface area contributed by atoms with Crippen LogP contribution in [0.5, 0.6) is 0 Å². The molecule has 0 aromatic carbocycles. The second kappa shape index (κ2) is 13.1. The standard InChI is InChI=1S/C22H42O5/c1-16(2)10-9-11-19(7)12-13-25-21(24)22(8,14-26-18(5)6)15-27-20(23)17(3)4/h16-19H,9-15H2,1-8H3. The van der Waals surface area contributed by atoms with E-state index in [9.17, 15) is 9.59 Å². The molecule has 0 aliphatic heterocycles. The SMILES string of the molecule is CC(C)CCCC(C)CCOC(=O)C(C)(COC(=O)C(C)C)COC(C)C. The predicted molar refractivity (Wildman–Crippen MR) is 108 cm³/mol. The van der Waals surface area contributed by atoms with Gasteiger partial charge in [-0.2, -0.15) is 0 Å². The van der Waals surface area contributed by atoms with E-state index in [1.54, 1.807) is 20.8 Å². The van der Waals surface area contributed by atoms with Crippen molar-refractivity contribution in [2.45, 2.75) is 87.2 Å². The number of ether oxygens (including phenoxy) is 3. The summed E-state index contributed by atoms with van der Waals surface area (Å²) in [4.78, 5) is 24.4. The van der Waals surface area contributed by atoms with Crippen LogP contribution in [0.25, 0.3) is 0 Å². The van der Waals surface area contributed by atoms with Gasteiger partial charge in [-0.05, 0) is 39.0 Å². The Labute approximate surface area is 166 Å². The third kappa shape index (κ3) is 12.1. The topological polar surface area (TPSA) is 61.8 Å². The number of carbonyl (C=O) groups excluding carboxylic acids is 2. The number of hydrogen-bond acceptors (Lipinski definition) is 5. The molecule has 0 saturated carbocycles. The summed E-state index contributed by atoms with van der Waals surface area (Å²) >= 11 is 0.